The minimum Gasteiger partial charge on any atom is -0.459 e. The summed E-state index contributed by atoms with van der Waals surface area (Å²) < 4.78 is 42.5. The molecule has 2 aliphatic rings. The van der Waals surface area contributed by atoms with Crippen molar-refractivity contribution in [1.29, 1.82) is 0 Å². The van der Waals surface area contributed by atoms with Crippen LogP contribution in [0.25, 0.3) is 0 Å². The maximum Gasteiger partial charge on any atom is 0.471 e. The molecule has 0 radical (unpaired) electrons. The summed E-state index contributed by atoms with van der Waals surface area (Å²) in [6.45, 7) is 1.32. The number of furan rings is 1. The molecule has 1 aromatic heterocycles. The predicted octanol–water partition coefficient (Wildman–Crippen LogP) is 1.36. The lowest BCUT2D eigenvalue weighted by Gasteiger charge is -2.38. The Morgan fingerprint density at radius 2 is 1.52 bits per heavy atom. The Balaban J connectivity index is 1.48. The summed E-state index contributed by atoms with van der Waals surface area (Å²) in [5.74, 6) is -2.35. The molecule has 0 N–H and O–H groups in total. The number of likely N-dealkylation sites (tertiary alicyclic amines) is 1. The standard InChI is InChI=1S/C17H20F3N3O4/c18-17(19,20)16(26)23-5-3-12(4-6-23)14(24)21-7-9-22(10-8-21)15(25)13-2-1-11-27-13/h1-2,11-12H,3-10H2. The van der Waals surface area contributed by atoms with Gasteiger partial charge in [-0.05, 0) is 25.0 Å². The van der Waals surface area contributed by atoms with Crippen molar-refractivity contribution in [1.82, 2.24) is 14.7 Å². The van der Waals surface area contributed by atoms with E-state index in [1.54, 1.807) is 21.9 Å². The van der Waals surface area contributed by atoms with E-state index in [9.17, 15) is 27.6 Å². The fourth-order valence-corrected chi connectivity index (χ4v) is 3.45. The molecule has 7 nitrogen and oxygen atoms in total. The quantitative estimate of drug-likeness (QED) is 0.768. The first kappa shape index (κ1) is 19.2. The van der Waals surface area contributed by atoms with Gasteiger partial charge in [-0.25, -0.2) is 0 Å². The molecule has 0 saturated carbocycles. The van der Waals surface area contributed by atoms with Crippen molar-refractivity contribution >= 4 is 17.7 Å². The second-order valence-corrected chi connectivity index (χ2v) is 6.66. The first-order chi connectivity index (χ1) is 12.8. The van der Waals surface area contributed by atoms with Crippen molar-refractivity contribution in [3.63, 3.8) is 0 Å². The number of halogens is 3. The van der Waals surface area contributed by atoms with Crippen LogP contribution in [0.3, 0.4) is 0 Å². The van der Waals surface area contributed by atoms with Crippen LogP contribution in [0, 0.1) is 5.92 Å². The molecular weight excluding hydrogens is 367 g/mol. The van der Waals surface area contributed by atoms with Gasteiger partial charge in [0, 0.05) is 45.2 Å². The number of carbonyl (C=O) groups excluding carboxylic acids is 3. The lowest BCUT2D eigenvalue weighted by molar-refractivity contribution is -0.187. The highest BCUT2D eigenvalue weighted by atomic mass is 19.4. The van der Waals surface area contributed by atoms with Crippen molar-refractivity contribution < 1.29 is 32.0 Å². The molecule has 0 unspecified atom stereocenters. The summed E-state index contributed by atoms with van der Waals surface area (Å²) >= 11 is 0. The Bertz CT molecular complexity index is 689. The number of piperazine rings is 1. The average Bonchev–Trinajstić information content (AvgIpc) is 3.20. The molecule has 0 spiro atoms. The Morgan fingerprint density at radius 3 is 2.04 bits per heavy atom. The number of nitrogens with zero attached hydrogens (tertiary/aromatic N) is 3. The van der Waals surface area contributed by atoms with Crippen LogP contribution in [0.5, 0.6) is 0 Å². The molecule has 2 aliphatic heterocycles. The molecule has 3 rings (SSSR count). The third-order valence-corrected chi connectivity index (χ3v) is 4.98. The minimum absolute atomic E-state index is 0.0777. The van der Waals surface area contributed by atoms with E-state index in [1.165, 1.54) is 6.26 Å². The van der Waals surface area contributed by atoms with E-state index in [2.05, 4.69) is 0 Å². The summed E-state index contributed by atoms with van der Waals surface area (Å²) in [6.07, 6.45) is -3.03. The van der Waals surface area contributed by atoms with Crippen molar-refractivity contribution in [3.05, 3.63) is 24.2 Å². The summed E-state index contributed by atoms with van der Waals surface area (Å²) in [5.41, 5.74) is 0. The van der Waals surface area contributed by atoms with Crippen molar-refractivity contribution in [2.45, 2.75) is 19.0 Å². The van der Waals surface area contributed by atoms with Crippen molar-refractivity contribution in [3.8, 4) is 0 Å². The lowest BCUT2D eigenvalue weighted by Crippen LogP contribution is -2.53. The normalized spacial score (nSPS) is 19.3. The summed E-state index contributed by atoms with van der Waals surface area (Å²) in [6, 6.07) is 3.21. The number of hydrogen-bond donors (Lipinski definition) is 0. The summed E-state index contributed by atoms with van der Waals surface area (Å²) in [4.78, 5) is 40.1. The molecule has 2 saturated heterocycles. The molecular formula is C17H20F3N3O4. The lowest BCUT2D eigenvalue weighted by atomic mass is 9.95. The van der Waals surface area contributed by atoms with Crippen LogP contribution in [0.15, 0.2) is 22.8 Å². The van der Waals surface area contributed by atoms with Crippen molar-refractivity contribution in [2.75, 3.05) is 39.3 Å². The highest BCUT2D eigenvalue weighted by Crippen LogP contribution is 2.25. The smallest absolute Gasteiger partial charge is 0.459 e. The first-order valence-electron chi connectivity index (χ1n) is 8.75. The molecule has 0 bridgehead atoms. The molecule has 1 aromatic rings. The number of hydrogen-bond acceptors (Lipinski definition) is 4. The van der Waals surface area contributed by atoms with Gasteiger partial charge < -0.3 is 19.1 Å². The number of alkyl halides is 3. The Labute approximate surface area is 153 Å². The van der Waals surface area contributed by atoms with Crippen LogP contribution >= 0.6 is 0 Å². The largest absolute Gasteiger partial charge is 0.471 e. The number of carbonyl (C=O) groups is 3. The topological polar surface area (TPSA) is 74.1 Å². The second-order valence-electron chi connectivity index (χ2n) is 6.66. The Hall–Kier alpha value is -2.52. The van der Waals surface area contributed by atoms with Crippen LogP contribution < -0.4 is 0 Å². The van der Waals surface area contributed by atoms with Crippen LogP contribution in [0.4, 0.5) is 13.2 Å². The van der Waals surface area contributed by atoms with Crippen LogP contribution in [-0.4, -0.2) is 77.9 Å². The van der Waals surface area contributed by atoms with Crippen LogP contribution in [-0.2, 0) is 9.59 Å². The monoisotopic (exact) mass is 387 g/mol. The molecule has 0 aromatic carbocycles. The molecule has 27 heavy (non-hydrogen) atoms. The van der Waals surface area contributed by atoms with Crippen molar-refractivity contribution in [2.24, 2.45) is 5.92 Å². The van der Waals surface area contributed by atoms with Crippen LogP contribution in [0.2, 0.25) is 0 Å². The highest BCUT2D eigenvalue weighted by molar-refractivity contribution is 5.91. The Kier molecular flexibility index (Phi) is 5.43. The van der Waals surface area contributed by atoms with E-state index in [4.69, 9.17) is 4.42 Å². The van der Waals surface area contributed by atoms with E-state index in [0.717, 1.165) is 4.90 Å². The van der Waals surface area contributed by atoms with Gasteiger partial charge in [0.1, 0.15) is 0 Å². The molecule has 2 fully saturated rings. The van der Waals surface area contributed by atoms with Gasteiger partial charge in [-0.2, -0.15) is 13.2 Å². The van der Waals surface area contributed by atoms with Gasteiger partial charge in [0.2, 0.25) is 5.91 Å². The number of piperidine rings is 1. The second kappa shape index (κ2) is 7.61. The minimum atomic E-state index is -4.88. The van der Waals surface area contributed by atoms with Gasteiger partial charge in [0.05, 0.1) is 6.26 Å². The zero-order valence-corrected chi connectivity index (χ0v) is 14.6. The summed E-state index contributed by atoms with van der Waals surface area (Å²) in [7, 11) is 0. The van der Waals surface area contributed by atoms with Gasteiger partial charge >= 0.3 is 12.1 Å². The maximum atomic E-state index is 12.6. The van der Waals surface area contributed by atoms with Gasteiger partial charge in [-0.15, -0.1) is 0 Å². The van der Waals surface area contributed by atoms with E-state index in [0.29, 0.717) is 26.2 Å². The molecule has 0 aliphatic carbocycles. The predicted molar refractivity (Wildman–Crippen MR) is 86.6 cm³/mol. The first-order valence-corrected chi connectivity index (χ1v) is 8.75. The molecule has 10 heteroatoms. The molecule has 3 heterocycles. The van der Waals surface area contributed by atoms with E-state index < -0.39 is 18.0 Å². The number of rotatable bonds is 2. The third-order valence-electron chi connectivity index (χ3n) is 4.98. The molecule has 3 amide bonds. The fraction of sp³-hybridized carbons (Fsp3) is 0.588. The van der Waals surface area contributed by atoms with Gasteiger partial charge in [0.15, 0.2) is 5.76 Å². The third kappa shape index (κ3) is 4.25. The van der Waals surface area contributed by atoms with E-state index in [1.807, 2.05) is 0 Å². The number of amides is 3. The van der Waals surface area contributed by atoms with Crippen LogP contribution in [0.1, 0.15) is 23.4 Å². The zero-order chi connectivity index (χ0) is 19.6. The molecule has 148 valence electrons. The molecule has 0 atom stereocenters. The van der Waals surface area contributed by atoms with E-state index in [-0.39, 0.29) is 43.5 Å². The van der Waals surface area contributed by atoms with Gasteiger partial charge in [-0.1, -0.05) is 0 Å². The maximum absolute atomic E-state index is 12.6. The SMILES string of the molecule is O=C(c1ccco1)N1CCN(C(=O)C2CCN(C(=O)C(F)(F)F)CC2)CC1. The van der Waals surface area contributed by atoms with E-state index >= 15 is 0 Å². The van der Waals surface area contributed by atoms with Gasteiger partial charge in [-0.3, -0.25) is 14.4 Å². The Morgan fingerprint density at radius 1 is 0.926 bits per heavy atom. The highest BCUT2D eigenvalue weighted by Gasteiger charge is 2.44. The fourth-order valence-electron chi connectivity index (χ4n) is 3.45. The zero-order valence-electron chi connectivity index (χ0n) is 14.6. The summed E-state index contributed by atoms with van der Waals surface area (Å²) in [5, 5.41) is 0. The van der Waals surface area contributed by atoms with Gasteiger partial charge in [0.25, 0.3) is 5.91 Å². The average molecular weight is 387 g/mol.